The second-order valence-electron chi connectivity index (χ2n) is 19.7. The van der Waals surface area contributed by atoms with Crippen LogP contribution in [0.3, 0.4) is 0 Å². The molecule has 3 saturated carbocycles. The first kappa shape index (κ1) is 42.6. The summed E-state index contributed by atoms with van der Waals surface area (Å²) >= 11 is 6.30. The maximum absolute atomic E-state index is 14.4. The number of hydrogen-bond donors (Lipinski definition) is 2. The van der Waals surface area contributed by atoms with E-state index in [0.717, 1.165) is 80.7 Å². The topological polar surface area (TPSA) is 123 Å². The van der Waals surface area contributed by atoms with Gasteiger partial charge in [0.05, 0.1) is 17.3 Å². The number of likely N-dealkylation sites (N-methyl/N-ethyl adjacent to an activating group) is 1. The van der Waals surface area contributed by atoms with E-state index in [1.165, 1.54) is 5.57 Å². The highest BCUT2D eigenvalue weighted by Crippen LogP contribution is 2.74. The van der Waals surface area contributed by atoms with Crippen molar-refractivity contribution in [3.05, 3.63) is 46.3 Å². The molecule has 308 valence electrons. The number of carboxylic acids is 1. The number of ether oxygens (including phenoxy) is 1. The van der Waals surface area contributed by atoms with E-state index in [-0.39, 0.29) is 46.4 Å². The fourth-order valence-electron chi connectivity index (χ4n) is 12.2. The van der Waals surface area contributed by atoms with Crippen molar-refractivity contribution in [3.63, 3.8) is 0 Å². The van der Waals surface area contributed by atoms with Gasteiger partial charge in [0.1, 0.15) is 11.9 Å². The minimum Gasteiger partial charge on any atom is -0.481 e. The lowest BCUT2D eigenvalue weighted by Gasteiger charge is -2.69. The van der Waals surface area contributed by atoms with Gasteiger partial charge in [0.25, 0.3) is 0 Å². The zero-order valence-corrected chi connectivity index (χ0v) is 36.4. The van der Waals surface area contributed by atoms with E-state index in [2.05, 4.69) is 58.4 Å². The molecule has 8 atom stereocenters. The van der Waals surface area contributed by atoms with Crippen LogP contribution in [-0.4, -0.2) is 57.3 Å². The Labute approximate surface area is 340 Å². The van der Waals surface area contributed by atoms with E-state index in [4.69, 9.17) is 26.5 Å². The summed E-state index contributed by atoms with van der Waals surface area (Å²) in [5.74, 6) is 1.95. The zero-order valence-electron chi connectivity index (χ0n) is 35.7. The molecule has 56 heavy (non-hydrogen) atoms. The fourth-order valence-corrected chi connectivity index (χ4v) is 12.4. The Morgan fingerprint density at radius 3 is 2.38 bits per heavy atom. The number of nitrogens with zero attached hydrogens (tertiary/aromatic N) is 3. The number of benzene rings is 1. The molecule has 4 aliphatic carbocycles. The van der Waals surface area contributed by atoms with Gasteiger partial charge in [0.2, 0.25) is 0 Å². The van der Waals surface area contributed by atoms with Crippen molar-refractivity contribution in [2.45, 2.75) is 151 Å². The summed E-state index contributed by atoms with van der Waals surface area (Å²) in [7, 11) is 1.97. The van der Waals surface area contributed by atoms with Crippen molar-refractivity contribution in [1.29, 1.82) is 0 Å². The maximum Gasteiger partial charge on any atom is 0.309 e. The van der Waals surface area contributed by atoms with E-state index in [1.807, 2.05) is 31.3 Å². The number of aromatic nitrogens is 3. The van der Waals surface area contributed by atoms with Gasteiger partial charge in [-0.05, 0) is 154 Å². The van der Waals surface area contributed by atoms with E-state index in [9.17, 15) is 19.5 Å². The Kier molecular flexibility index (Phi) is 11.9. The van der Waals surface area contributed by atoms with Crippen LogP contribution >= 0.6 is 11.6 Å². The van der Waals surface area contributed by atoms with Crippen LogP contribution in [0.2, 0.25) is 5.02 Å². The molecule has 0 aliphatic heterocycles. The number of aliphatic carboxylic acids is 1. The molecule has 2 N–H and O–H groups in total. The molecule has 0 amide bonds. The molecule has 2 aromatic rings. The van der Waals surface area contributed by atoms with Gasteiger partial charge in [-0.15, -0.1) is 10.2 Å². The number of hydrogen-bond acceptors (Lipinski definition) is 7. The summed E-state index contributed by atoms with van der Waals surface area (Å²) in [6.07, 6.45) is 8.78. The van der Waals surface area contributed by atoms with Crippen molar-refractivity contribution in [2.24, 2.45) is 45.3 Å². The van der Waals surface area contributed by atoms with Crippen LogP contribution in [0.15, 0.2) is 35.4 Å². The first-order valence-electron chi connectivity index (χ1n) is 21.3. The highest BCUT2D eigenvalue weighted by Gasteiger charge is 2.68. The van der Waals surface area contributed by atoms with Crippen molar-refractivity contribution >= 4 is 29.3 Å². The number of Topliss-reactive ketones (excluding diaryl/α,β-unsaturated/α-hetero) is 1. The standard InChI is InChI=1S/C46H67ClN4O5/c1-11-32(56-36(53)27-42(5,6)41(54)55)19-20-43(7)29(4)18-21-45(9)35(43)17-16-33-38-37(28(2)3)34(52)26-46(38,23-22-44(33,45)8)40-50-49-39(51(40)25-24-48-10)30-12-14-31(47)15-13-30/h12-15,28-29,32-33,35,48H,11,16-27H2,1-10H3,(H,54,55)/t29-,32-,33-,35-,43+,44-,45-,46-/m1/s1. The van der Waals surface area contributed by atoms with Crippen LogP contribution < -0.4 is 5.32 Å². The normalized spacial score (nSPS) is 32.2. The van der Waals surface area contributed by atoms with Crippen LogP contribution in [0, 0.1) is 45.3 Å². The Bertz CT molecular complexity index is 1850. The summed E-state index contributed by atoms with van der Waals surface area (Å²) in [4.78, 5) is 39.1. The molecule has 1 aromatic carbocycles. The van der Waals surface area contributed by atoms with Gasteiger partial charge >= 0.3 is 11.9 Å². The summed E-state index contributed by atoms with van der Waals surface area (Å²) in [5, 5.41) is 23.5. The second-order valence-corrected chi connectivity index (χ2v) is 20.1. The van der Waals surface area contributed by atoms with Crippen molar-refractivity contribution < 1.29 is 24.2 Å². The molecule has 1 aromatic heterocycles. The number of halogens is 1. The third kappa shape index (κ3) is 6.98. The van der Waals surface area contributed by atoms with Crippen LogP contribution in [0.25, 0.3) is 11.4 Å². The van der Waals surface area contributed by atoms with Crippen molar-refractivity contribution in [2.75, 3.05) is 13.6 Å². The SMILES string of the molecule is CC[C@H](CC[C@@]1(C)[C@H](C)CC[C@]2(C)[C@@H]1CC[C@@H]1C3=C(C(C)C)C(=O)C[C@]3(c3nnc(-c4ccc(Cl)cc4)n3CCNC)CC[C@]12C)OC(=O)CC(C)(C)C(=O)O. The summed E-state index contributed by atoms with van der Waals surface area (Å²) in [6, 6.07) is 7.81. The summed E-state index contributed by atoms with van der Waals surface area (Å²) in [5.41, 5.74) is 1.76. The molecule has 0 spiro atoms. The molecule has 6 rings (SSSR count). The largest absolute Gasteiger partial charge is 0.481 e. The third-order valence-corrected chi connectivity index (χ3v) is 16.2. The first-order chi connectivity index (χ1) is 26.3. The molecule has 9 nitrogen and oxygen atoms in total. The molecule has 0 saturated heterocycles. The minimum absolute atomic E-state index is 0.0191. The van der Waals surface area contributed by atoms with Crippen molar-refractivity contribution in [3.8, 4) is 11.4 Å². The minimum atomic E-state index is -1.16. The van der Waals surface area contributed by atoms with Crippen LogP contribution in [0.5, 0.6) is 0 Å². The Balaban J connectivity index is 1.35. The molecule has 4 aliphatic rings. The Morgan fingerprint density at radius 1 is 1.05 bits per heavy atom. The zero-order chi connectivity index (χ0) is 41.0. The first-order valence-corrected chi connectivity index (χ1v) is 21.7. The number of allylic oxidation sites excluding steroid dienone is 2. The number of nitrogens with one attached hydrogen (secondary N) is 1. The molecular weight excluding hydrogens is 724 g/mol. The number of rotatable bonds is 14. The van der Waals surface area contributed by atoms with Gasteiger partial charge in [-0.2, -0.15) is 0 Å². The van der Waals surface area contributed by atoms with Crippen molar-refractivity contribution in [1.82, 2.24) is 20.1 Å². The van der Waals surface area contributed by atoms with Crippen LogP contribution in [0.4, 0.5) is 0 Å². The predicted molar refractivity (Wildman–Crippen MR) is 221 cm³/mol. The molecule has 0 bridgehead atoms. The lowest BCUT2D eigenvalue weighted by atomic mass is 9.35. The highest BCUT2D eigenvalue weighted by atomic mass is 35.5. The number of carbonyl (C=O) groups is 3. The molecule has 1 heterocycles. The fraction of sp³-hybridized carbons (Fsp3) is 0.717. The smallest absolute Gasteiger partial charge is 0.309 e. The predicted octanol–water partition coefficient (Wildman–Crippen LogP) is 9.85. The highest BCUT2D eigenvalue weighted by molar-refractivity contribution is 6.30. The average molecular weight is 792 g/mol. The number of fused-ring (bicyclic) bond motifs is 5. The molecule has 0 unspecified atom stereocenters. The lowest BCUT2D eigenvalue weighted by Crippen LogP contribution is -2.62. The second kappa shape index (κ2) is 15.6. The van der Waals surface area contributed by atoms with Gasteiger partial charge in [-0.25, -0.2) is 0 Å². The van der Waals surface area contributed by atoms with Gasteiger partial charge in [0, 0.05) is 30.1 Å². The van der Waals surface area contributed by atoms with Gasteiger partial charge < -0.3 is 19.7 Å². The van der Waals surface area contributed by atoms with Gasteiger partial charge in [0.15, 0.2) is 11.6 Å². The molecule has 10 heteroatoms. The lowest BCUT2D eigenvalue weighted by molar-refractivity contribution is -0.184. The number of carboxylic acid groups (broad SMARTS) is 1. The van der Waals surface area contributed by atoms with Crippen LogP contribution in [-0.2, 0) is 31.1 Å². The molecular formula is C46H67ClN4O5. The Hall–Kier alpha value is -3.04. The summed E-state index contributed by atoms with van der Waals surface area (Å²) < 4.78 is 8.26. The molecule has 3 fully saturated rings. The Morgan fingerprint density at radius 2 is 1.75 bits per heavy atom. The monoisotopic (exact) mass is 790 g/mol. The quantitative estimate of drug-likeness (QED) is 0.181. The molecule has 0 radical (unpaired) electrons. The van der Waals surface area contributed by atoms with Crippen LogP contribution in [0.1, 0.15) is 139 Å². The number of ketones is 1. The maximum atomic E-state index is 14.4. The van der Waals surface area contributed by atoms with E-state index >= 15 is 0 Å². The van der Waals surface area contributed by atoms with E-state index in [1.54, 1.807) is 13.8 Å². The number of carbonyl (C=O) groups excluding carboxylic acids is 2. The van der Waals surface area contributed by atoms with Gasteiger partial charge in [-0.3, -0.25) is 14.4 Å². The van der Waals surface area contributed by atoms with Gasteiger partial charge in [-0.1, -0.05) is 60.1 Å². The third-order valence-electron chi connectivity index (χ3n) is 16.0. The van der Waals surface area contributed by atoms with E-state index in [0.29, 0.717) is 36.2 Å². The summed E-state index contributed by atoms with van der Waals surface area (Å²) in [6.45, 7) is 21.1. The average Bonchev–Trinajstić information content (AvgIpc) is 3.70. The van der Waals surface area contributed by atoms with E-state index < -0.39 is 22.8 Å². The number of esters is 1.